The lowest BCUT2D eigenvalue weighted by atomic mass is 10.0. The minimum atomic E-state index is -0.398. The summed E-state index contributed by atoms with van der Waals surface area (Å²) in [6.45, 7) is 2.16. The normalized spacial score (nSPS) is 9.35. The number of hydrogen-bond acceptors (Lipinski definition) is 4. The molecule has 4 heteroatoms. The van der Waals surface area contributed by atoms with E-state index in [0.29, 0.717) is 23.4 Å². The number of benzene rings is 1. The molecule has 0 atom stereocenters. The molecule has 0 amide bonds. The monoisotopic (exact) mass is 233 g/mol. The Balaban J connectivity index is 3.11. The second-order valence-electron chi connectivity index (χ2n) is 3.48. The van der Waals surface area contributed by atoms with Crippen LogP contribution in [0.2, 0.25) is 0 Å². The fourth-order valence-electron chi connectivity index (χ4n) is 1.37. The molecule has 0 saturated carbocycles. The quantitative estimate of drug-likeness (QED) is 0.476. The Hall–Kier alpha value is -1.99. The highest BCUT2D eigenvalue weighted by Crippen LogP contribution is 2.18. The van der Waals surface area contributed by atoms with E-state index in [2.05, 4.69) is 16.6 Å². The van der Waals surface area contributed by atoms with Crippen molar-refractivity contribution in [3.05, 3.63) is 28.8 Å². The number of nitrogen functional groups attached to an aromatic ring is 1. The van der Waals surface area contributed by atoms with Crippen LogP contribution in [0.1, 0.15) is 21.5 Å². The van der Waals surface area contributed by atoms with E-state index in [1.54, 1.807) is 19.2 Å². The first-order valence-corrected chi connectivity index (χ1v) is 5.06. The van der Waals surface area contributed by atoms with Crippen LogP contribution in [-0.4, -0.2) is 26.8 Å². The molecular formula is C13H15NO3. The SMILES string of the molecule is COCC#Cc1cc(C)c(C(=O)OC)cc1N. The van der Waals surface area contributed by atoms with E-state index in [1.165, 1.54) is 7.11 Å². The molecule has 4 nitrogen and oxygen atoms in total. The molecular weight excluding hydrogens is 218 g/mol. The van der Waals surface area contributed by atoms with E-state index in [4.69, 9.17) is 10.5 Å². The predicted octanol–water partition coefficient (Wildman–Crippen LogP) is 1.36. The summed E-state index contributed by atoms with van der Waals surface area (Å²) in [5.41, 5.74) is 8.20. The number of aryl methyl sites for hydroxylation is 1. The summed E-state index contributed by atoms with van der Waals surface area (Å²) >= 11 is 0. The summed E-state index contributed by atoms with van der Waals surface area (Å²) in [7, 11) is 2.91. The van der Waals surface area contributed by atoms with Gasteiger partial charge >= 0.3 is 5.97 Å². The average Bonchev–Trinajstić information content (AvgIpc) is 2.32. The number of rotatable bonds is 2. The number of anilines is 1. The maximum atomic E-state index is 11.4. The molecule has 0 spiro atoms. The molecule has 0 radical (unpaired) electrons. The van der Waals surface area contributed by atoms with Crippen molar-refractivity contribution < 1.29 is 14.3 Å². The topological polar surface area (TPSA) is 61.5 Å². The van der Waals surface area contributed by atoms with Gasteiger partial charge in [-0.2, -0.15) is 0 Å². The van der Waals surface area contributed by atoms with Crippen LogP contribution in [0, 0.1) is 18.8 Å². The number of methoxy groups -OCH3 is 2. The van der Waals surface area contributed by atoms with Gasteiger partial charge < -0.3 is 15.2 Å². The van der Waals surface area contributed by atoms with Gasteiger partial charge in [0, 0.05) is 18.4 Å². The van der Waals surface area contributed by atoms with Crippen LogP contribution < -0.4 is 5.73 Å². The number of esters is 1. The molecule has 1 aromatic carbocycles. The van der Waals surface area contributed by atoms with E-state index in [-0.39, 0.29) is 0 Å². The first-order valence-electron chi connectivity index (χ1n) is 5.06. The third-order valence-electron chi connectivity index (χ3n) is 2.24. The molecule has 0 unspecified atom stereocenters. The summed E-state index contributed by atoms with van der Waals surface area (Å²) < 4.78 is 9.48. The third-order valence-corrected chi connectivity index (χ3v) is 2.24. The van der Waals surface area contributed by atoms with Gasteiger partial charge in [0.15, 0.2) is 0 Å². The minimum absolute atomic E-state index is 0.344. The summed E-state index contributed by atoms with van der Waals surface area (Å²) in [5, 5.41) is 0. The Morgan fingerprint density at radius 3 is 2.71 bits per heavy atom. The van der Waals surface area contributed by atoms with E-state index >= 15 is 0 Å². The van der Waals surface area contributed by atoms with Crippen molar-refractivity contribution in [2.75, 3.05) is 26.6 Å². The van der Waals surface area contributed by atoms with Crippen LogP contribution in [-0.2, 0) is 9.47 Å². The van der Waals surface area contributed by atoms with Gasteiger partial charge in [0.1, 0.15) is 6.61 Å². The zero-order valence-corrected chi connectivity index (χ0v) is 10.2. The van der Waals surface area contributed by atoms with E-state index < -0.39 is 5.97 Å². The molecule has 0 saturated heterocycles. The molecule has 0 aliphatic heterocycles. The van der Waals surface area contributed by atoms with Crippen LogP contribution >= 0.6 is 0 Å². The van der Waals surface area contributed by atoms with Gasteiger partial charge in [-0.3, -0.25) is 0 Å². The molecule has 90 valence electrons. The van der Waals surface area contributed by atoms with E-state index in [9.17, 15) is 4.79 Å². The molecule has 0 heterocycles. The van der Waals surface area contributed by atoms with Gasteiger partial charge in [-0.15, -0.1) is 0 Å². The van der Waals surface area contributed by atoms with Gasteiger partial charge in [0.25, 0.3) is 0 Å². The van der Waals surface area contributed by atoms with Gasteiger partial charge in [-0.1, -0.05) is 11.8 Å². The highest BCUT2D eigenvalue weighted by molar-refractivity contribution is 5.92. The Morgan fingerprint density at radius 2 is 2.12 bits per heavy atom. The fraction of sp³-hybridized carbons (Fsp3) is 0.308. The minimum Gasteiger partial charge on any atom is -0.465 e. The molecule has 0 aliphatic rings. The Labute approximate surface area is 101 Å². The Bertz CT molecular complexity index is 483. The average molecular weight is 233 g/mol. The van der Waals surface area contributed by atoms with Crippen molar-refractivity contribution in [2.24, 2.45) is 0 Å². The largest absolute Gasteiger partial charge is 0.465 e. The number of carbonyl (C=O) groups is 1. The lowest BCUT2D eigenvalue weighted by Gasteiger charge is -2.06. The molecule has 0 aromatic heterocycles. The van der Waals surface area contributed by atoms with Gasteiger partial charge in [0.2, 0.25) is 0 Å². The first kappa shape index (κ1) is 13.1. The molecule has 1 aromatic rings. The Kier molecular flexibility index (Phi) is 4.56. The summed E-state index contributed by atoms with van der Waals surface area (Å²) in [6.07, 6.45) is 0. The molecule has 0 bridgehead atoms. The first-order chi connectivity index (χ1) is 8.10. The van der Waals surface area contributed by atoms with Crippen molar-refractivity contribution in [3.63, 3.8) is 0 Å². The summed E-state index contributed by atoms with van der Waals surface area (Å²) in [5.74, 6) is 5.30. The number of carbonyl (C=O) groups excluding carboxylic acids is 1. The van der Waals surface area contributed by atoms with Crippen molar-refractivity contribution in [1.82, 2.24) is 0 Å². The highest BCUT2D eigenvalue weighted by atomic mass is 16.5. The van der Waals surface area contributed by atoms with Crippen molar-refractivity contribution in [1.29, 1.82) is 0 Å². The molecule has 1 rings (SSSR count). The molecule has 2 N–H and O–H groups in total. The van der Waals surface area contributed by atoms with Crippen molar-refractivity contribution >= 4 is 11.7 Å². The molecule has 0 aliphatic carbocycles. The summed E-state index contributed by atoms with van der Waals surface area (Å²) in [4.78, 5) is 11.4. The lowest BCUT2D eigenvalue weighted by molar-refractivity contribution is 0.0600. The second-order valence-corrected chi connectivity index (χ2v) is 3.48. The lowest BCUT2D eigenvalue weighted by Crippen LogP contribution is -2.06. The van der Waals surface area contributed by atoms with Crippen molar-refractivity contribution in [2.45, 2.75) is 6.92 Å². The van der Waals surface area contributed by atoms with Crippen LogP contribution in [0.4, 0.5) is 5.69 Å². The van der Waals surface area contributed by atoms with Crippen LogP contribution in [0.3, 0.4) is 0 Å². The second kappa shape index (κ2) is 5.92. The summed E-state index contributed by atoms with van der Waals surface area (Å²) in [6, 6.07) is 3.35. The fourth-order valence-corrected chi connectivity index (χ4v) is 1.37. The number of ether oxygens (including phenoxy) is 2. The standard InChI is InChI=1S/C13H15NO3/c1-9-7-10(5-4-6-16-2)12(14)8-11(9)13(15)17-3/h7-8H,6,14H2,1-3H3. The van der Waals surface area contributed by atoms with Crippen molar-refractivity contribution in [3.8, 4) is 11.8 Å². The predicted molar refractivity (Wildman–Crippen MR) is 65.7 cm³/mol. The van der Waals surface area contributed by atoms with Crippen LogP contribution in [0.25, 0.3) is 0 Å². The van der Waals surface area contributed by atoms with Gasteiger partial charge in [0.05, 0.1) is 12.7 Å². The number of hydrogen-bond donors (Lipinski definition) is 1. The van der Waals surface area contributed by atoms with Gasteiger partial charge in [-0.05, 0) is 24.6 Å². The van der Waals surface area contributed by atoms with Crippen LogP contribution in [0.5, 0.6) is 0 Å². The van der Waals surface area contributed by atoms with Gasteiger partial charge in [-0.25, -0.2) is 4.79 Å². The van der Waals surface area contributed by atoms with E-state index in [1.807, 2.05) is 6.92 Å². The zero-order chi connectivity index (χ0) is 12.8. The molecule has 0 fully saturated rings. The smallest absolute Gasteiger partial charge is 0.338 e. The zero-order valence-electron chi connectivity index (χ0n) is 10.2. The maximum Gasteiger partial charge on any atom is 0.338 e. The number of nitrogens with two attached hydrogens (primary N) is 1. The maximum absolute atomic E-state index is 11.4. The highest BCUT2D eigenvalue weighted by Gasteiger charge is 2.11. The van der Waals surface area contributed by atoms with E-state index in [0.717, 1.165) is 5.56 Å². The molecule has 17 heavy (non-hydrogen) atoms. The van der Waals surface area contributed by atoms with Crippen LogP contribution in [0.15, 0.2) is 12.1 Å². The Morgan fingerprint density at radius 1 is 1.41 bits per heavy atom. The third kappa shape index (κ3) is 3.23.